The normalized spacial score (nSPS) is 13.3. The van der Waals surface area contributed by atoms with Gasteiger partial charge in [0, 0.05) is 12.3 Å². The molecule has 0 radical (unpaired) electrons. The number of thioether (sulfide) groups is 1. The number of nitriles is 1. The molecule has 3 amide bonds. The molecule has 0 aromatic heterocycles. The molecule has 2 rings (SSSR count). The number of hydrogen-bond acceptors (Lipinski definition) is 6. The molecule has 1 heterocycles. The van der Waals surface area contributed by atoms with Crippen LogP contribution in [-0.2, 0) is 9.59 Å². The first-order valence-electron chi connectivity index (χ1n) is 6.71. The molecule has 8 nitrogen and oxygen atoms in total. The number of rotatable bonds is 5. The van der Waals surface area contributed by atoms with Crippen LogP contribution < -0.4 is 15.6 Å². The van der Waals surface area contributed by atoms with E-state index >= 15 is 0 Å². The van der Waals surface area contributed by atoms with E-state index in [1.807, 2.05) is 6.07 Å². The molecule has 0 unspecified atom stereocenters. The lowest BCUT2D eigenvalue weighted by molar-refractivity contribution is -0.130. The highest BCUT2D eigenvalue weighted by molar-refractivity contribution is 8.13. The Morgan fingerprint density at radius 1 is 1.30 bits per heavy atom. The third-order valence-electron chi connectivity index (χ3n) is 2.89. The number of carbonyl (C=O) groups is 3. The number of amides is 3. The third kappa shape index (κ3) is 4.89. The van der Waals surface area contributed by atoms with Crippen LogP contribution in [0.4, 0.5) is 4.79 Å². The molecular weight excluding hydrogens is 320 g/mol. The summed E-state index contributed by atoms with van der Waals surface area (Å²) in [5.74, 6) is -0.124. The molecule has 1 aromatic carbocycles. The summed E-state index contributed by atoms with van der Waals surface area (Å²) < 4.78 is 5.22. The summed E-state index contributed by atoms with van der Waals surface area (Å²) in [5.41, 5.74) is 4.71. The van der Waals surface area contributed by atoms with E-state index in [0.29, 0.717) is 17.9 Å². The summed E-state index contributed by atoms with van der Waals surface area (Å²) in [6.07, 6.45) is 0. The number of carbonyl (C=O) groups excluding carboxylic acids is 3. The molecule has 1 aromatic rings. The molecule has 1 aliphatic heterocycles. The minimum Gasteiger partial charge on any atom is -0.482 e. The average molecular weight is 334 g/mol. The number of para-hydroxylation sites is 1. The maximum atomic E-state index is 11.6. The lowest BCUT2D eigenvalue weighted by atomic mass is 10.2. The molecule has 120 valence electrons. The van der Waals surface area contributed by atoms with Crippen molar-refractivity contribution in [2.24, 2.45) is 0 Å². The Labute approximate surface area is 136 Å². The Morgan fingerprint density at radius 3 is 2.74 bits per heavy atom. The highest BCUT2D eigenvalue weighted by Crippen LogP contribution is 2.16. The van der Waals surface area contributed by atoms with E-state index in [2.05, 4.69) is 10.9 Å². The average Bonchev–Trinajstić information content (AvgIpc) is 2.96. The van der Waals surface area contributed by atoms with Crippen molar-refractivity contribution in [2.75, 3.05) is 25.4 Å². The minimum absolute atomic E-state index is 0.107. The predicted octanol–water partition coefficient (Wildman–Crippen LogP) is 0.253. The maximum absolute atomic E-state index is 11.6. The zero-order valence-corrected chi connectivity index (χ0v) is 12.9. The van der Waals surface area contributed by atoms with Gasteiger partial charge in [-0.05, 0) is 12.1 Å². The summed E-state index contributed by atoms with van der Waals surface area (Å²) in [7, 11) is 0. The second-order valence-electron chi connectivity index (χ2n) is 4.53. The van der Waals surface area contributed by atoms with Crippen molar-refractivity contribution in [1.82, 2.24) is 15.8 Å². The first-order valence-corrected chi connectivity index (χ1v) is 7.70. The van der Waals surface area contributed by atoms with Gasteiger partial charge in [-0.25, -0.2) is 0 Å². The molecule has 1 aliphatic rings. The molecule has 0 bridgehead atoms. The van der Waals surface area contributed by atoms with Crippen molar-refractivity contribution >= 4 is 28.8 Å². The van der Waals surface area contributed by atoms with E-state index in [9.17, 15) is 14.4 Å². The van der Waals surface area contributed by atoms with Crippen LogP contribution in [0.1, 0.15) is 5.56 Å². The Balaban J connectivity index is 1.72. The zero-order valence-electron chi connectivity index (χ0n) is 12.1. The van der Waals surface area contributed by atoms with Crippen LogP contribution >= 0.6 is 11.8 Å². The quantitative estimate of drug-likeness (QED) is 0.747. The number of nitrogens with one attached hydrogen (secondary N) is 2. The Bertz CT molecular complexity index is 658. The van der Waals surface area contributed by atoms with Crippen molar-refractivity contribution in [1.29, 1.82) is 5.26 Å². The van der Waals surface area contributed by atoms with Gasteiger partial charge in [-0.2, -0.15) is 5.26 Å². The summed E-state index contributed by atoms with van der Waals surface area (Å²) in [6, 6.07) is 8.45. The van der Waals surface area contributed by atoms with Gasteiger partial charge in [0.25, 0.3) is 17.1 Å². The lowest BCUT2D eigenvalue weighted by Gasteiger charge is -2.14. The SMILES string of the molecule is N#Cc1ccccc1OCC(=O)NNC(=O)CN1CCSC1=O. The van der Waals surface area contributed by atoms with Crippen LogP contribution in [0.25, 0.3) is 0 Å². The van der Waals surface area contributed by atoms with Gasteiger partial charge < -0.3 is 9.64 Å². The molecule has 0 aliphatic carbocycles. The van der Waals surface area contributed by atoms with Crippen LogP contribution in [0.3, 0.4) is 0 Å². The smallest absolute Gasteiger partial charge is 0.282 e. The van der Waals surface area contributed by atoms with Crippen LogP contribution in [0.2, 0.25) is 0 Å². The van der Waals surface area contributed by atoms with Crippen molar-refractivity contribution in [3.8, 4) is 11.8 Å². The first-order chi connectivity index (χ1) is 11.1. The monoisotopic (exact) mass is 334 g/mol. The largest absolute Gasteiger partial charge is 0.482 e. The topological polar surface area (TPSA) is 112 Å². The van der Waals surface area contributed by atoms with E-state index in [4.69, 9.17) is 10.00 Å². The molecule has 0 atom stereocenters. The van der Waals surface area contributed by atoms with Gasteiger partial charge in [0.05, 0.1) is 5.56 Å². The fourth-order valence-electron chi connectivity index (χ4n) is 1.79. The number of nitrogens with zero attached hydrogens (tertiary/aromatic N) is 2. The second kappa shape index (κ2) is 8.05. The van der Waals surface area contributed by atoms with E-state index in [-0.39, 0.29) is 24.1 Å². The van der Waals surface area contributed by atoms with Crippen LogP contribution in [0.5, 0.6) is 5.75 Å². The van der Waals surface area contributed by atoms with Gasteiger partial charge in [0.1, 0.15) is 18.4 Å². The fraction of sp³-hybridized carbons (Fsp3) is 0.286. The summed E-state index contributed by atoms with van der Waals surface area (Å²) in [5, 5.41) is 8.75. The highest BCUT2D eigenvalue weighted by Gasteiger charge is 2.23. The van der Waals surface area contributed by atoms with Gasteiger partial charge in [-0.15, -0.1) is 0 Å². The fourth-order valence-corrected chi connectivity index (χ4v) is 2.61. The van der Waals surface area contributed by atoms with Crippen molar-refractivity contribution in [3.05, 3.63) is 29.8 Å². The Hall–Kier alpha value is -2.73. The van der Waals surface area contributed by atoms with Gasteiger partial charge >= 0.3 is 0 Å². The van der Waals surface area contributed by atoms with Crippen LogP contribution in [0, 0.1) is 11.3 Å². The van der Waals surface area contributed by atoms with Crippen LogP contribution in [-0.4, -0.2) is 47.4 Å². The number of hydrazine groups is 1. The molecule has 0 saturated carbocycles. The third-order valence-corrected chi connectivity index (χ3v) is 3.78. The molecule has 1 saturated heterocycles. The molecule has 2 N–H and O–H groups in total. The lowest BCUT2D eigenvalue weighted by Crippen LogP contribution is -2.47. The van der Waals surface area contributed by atoms with Crippen molar-refractivity contribution in [3.63, 3.8) is 0 Å². The molecular formula is C14H14N4O4S. The van der Waals surface area contributed by atoms with E-state index in [1.54, 1.807) is 24.3 Å². The maximum Gasteiger partial charge on any atom is 0.282 e. The predicted molar refractivity (Wildman–Crippen MR) is 82.4 cm³/mol. The summed E-state index contributed by atoms with van der Waals surface area (Å²) in [6.45, 7) is 0.0562. The van der Waals surface area contributed by atoms with E-state index in [0.717, 1.165) is 11.8 Å². The minimum atomic E-state index is -0.576. The molecule has 1 fully saturated rings. The second-order valence-corrected chi connectivity index (χ2v) is 5.58. The molecule has 23 heavy (non-hydrogen) atoms. The molecule has 0 spiro atoms. The van der Waals surface area contributed by atoms with Gasteiger partial charge in [0.2, 0.25) is 0 Å². The van der Waals surface area contributed by atoms with Gasteiger partial charge in [-0.3, -0.25) is 25.2 Å². The number of benzene rings is 1. The Morgan fingerprint density at radius 2 is 2.04 bits per heavy atom. The summed E-state index contributed by atoms with van der Waals surface area (Å²) in [4.78, 5) is 36.0. The number of hydrogen-bond donors (Lipinski definition) is 2. The number of ether oxygens (including phenoxy) is 1. The standard InChI is InChI=1S/C14H14N4O4S/c15-7-10-3-1-2-4-11(10)22-9-13(20)17-16-12(19)8-18-5-6-23-14(18)21/h1-4H,5-6,8-9H2,(H,16,19)(H,17,20). The molecule has 9 heteroatoms. The van der Waals surface area contributed by atoms with Gasteiger partial charge in [0.15, 0.2) is 6.61 Å². The van der Waals surface area contributed by atoms with Crippen molar-refractivity contribution in [2.45, 2.75) is 0 Å². The summed E-state index contributed by atoms with van der Waals surface area (Å²) >= 11 is 1.15. The van der Waals surface area contributed by atoms with Crippen molar-refractivity contribution < 1.29 is 19.1 Å². The van der Waals surface area contributed by atoms with E-state index in [1.165, 1.54) is 4.90 Å². The van der Waals surface area contributed by atoms with Crippen LogP contribution in [0.15, 0.2) is 24.3 Å². The highest BCUT2D eigenvalue weighted by atomic mass is 32.2. The Kier molecular flexibility index (Phi) is 5.82. The zero-order chi connectivity index (χ0) is 16.7. The first kappa shape index (κ1) is 16.6. The van der Waals surface area contributed by atoms with Gasteiger partial charge in [-0.1, -0.05) is 23.9 Å². The van der Waals surface area contributed by atoms with E-state index < -0.39 is 11.8 Å².